The molecule has 19 heavy (non-hydrogen) atoms. The molecule has 0 bridgehead atoms. The lowest BCUT2D eigenvalue weighted by Gasteiger charge is -2.26. The standard InChI is InChI=1S/C15H24N4/c1-10(2)15-17-8-14(13(7-16)18-15)19(12-5-6-12)9-11-3-4-11/h8,10-12H,3-7,9,16H2,1-2H3. The Morgan fingerprint density at radius 3 is 2.58 bits per heavy atom. The number of hydrogen-bond donors (Lipinski definition) is 1. The molecule has 0 aliphatic heterocycles. The zero-order valence-electron chi connectivity index (χ0n) is 12.0. The van der Waals surface area contributed by atoms with Gasteiger partial charge in [-0.25, -0.2) is 9.97 Å². The maximum atomic E-state index is 5.91. The van der Waals surface area contributed by atoms with Crippen LogP contribution >= 0.6 is 0 Å². The highest BCUT2D eigenvalue weighted by molar-refractivity contribution is 5.51. The van der Waals surface area contributed by atoms with Crippen LogP contribution in [0, 0.1) is 5.92 Å². The molecule has 4 heteroatoms. The minimum Gasteiger partial charge on any atom is -0.366 e. The van der Waals surface area contributed by atoms with Crippen molar-refractivity contribution in [3.63, 3.8) is 0 Å². The molecule has 104 valence electrons. The molecule has 2 aliphatic rings. The van der Waals surface area contributed by atoms with Crippen molar-refractivity contribution in [2.45, 2.75) is 58.0 Å². The van der Waals surface area contributed by atoms with E-state index >= 15 is 0 Å². The molecular formula is C15H24N4. The summed E-state index contributed by atoms with van der Waals surface area (Å²) in [6, 6.07) is 0.708. The number of aromatic nitrogens is 2. The molecule has 3 rings (SSSR count). The Labute approximate surface area is 115 Å². The van der Waals surface area contributed by atoms with Crippen molar-refractivity contribution >= 4 is 5.69 Å². The predicted molar refractivity (Wildman–Crippen MR) is 77.1 cm³/mol. The van der Waals surface area contributed by atoms with Crippen molar-refractivity contribution in [2.24, 2.45) is 11.7 Å². The summed E-state index contributed by atoms with van der Waals surface area (Å²) >= 11 is 0. The lowest BCUT2D eigenvalue weighted by molar-refractivity contribution is 0.696. The van der Waals surface area contributed by atoms with Gasteiger partial charge in [0, 0.05) is 25.0 Å². The van der Waals surface area contributed by atoms with Gasteiger partial charge in [-0.1, -0.05) is 13.8 Å². The maximum Gasteiger partial charge on any atom is 0.131 e. The highest BCUT2D eigenvalue weighted by Crippen LogP contribution is 2.38. The Balaban J connectivity index is 1.87. The van der Waals surface area contributed by atoms with Crippen LogP contribution in [0.1, 0.15) is 57.0 Å². The zero-order chi connectivity index (χ0) is 13.4. The number of anilines is 1. The van der Waals surface area contributed by atoms with E-state index in [1.54, 1.807) is 0 Å². The average molecular weight is 260 g/mol. The van der Waals surface area contributed by atoms with Crippen LogP contribution in [0.25, 0.3) is 0 Å². The summed E-state index contributed by atoms with van der Waals surface area (Å²) in [5, 5.41) is 0. The van der Waals surface area contributed by atoms with Crippen molar-refractivity contribution in [1.29, 1.82) is 0 Å². The molecule has 0 radical (unpaired) electrons. The van der Waals surface area contributed by atoms with E-state index in [-0.39, 0.29) is 0 Å². The van der Waals surface area contributed by atoms with E-state index in [0.717, 1.165) is 17.4 Å². The van der Waals surface area contributed by atoms with Crippen LogP contribution < -0.4 is 10.6 Å². The third-order valence-corrected chi connectivity index (χ3v) is 4.02. The van der Waals surface area contributed by atoms with Gasteiger partial charge in [-0.15, -0.1) is 0 Å². The summed E-state index contributed by atoms with van der Waals surface area (Å²) in [7, 11) is 0. The van der Waals surface area contributed by atoms with Crippen molar-refractivity contribution in [3.8, 4) is 0 Å². The third-order valence-electron chi connectivity index (χ3n) is 4.02. The molecule has 2 N–H and O–H groups in total. The molecule has 2 saturated carbocycles. The van der Waals surface area contributed by atoms with Crippen LogP contribution in [0.3, 0.4) is 0 Å². The van der Waals surface area contributed by atoms with Gasteiger partial charge in [0.15, 0.2) is 0 Å². The van der Waals surface area contributed by atoms with Gasteiger partial charge >= 0.3 is 0 Å². The first kappa shape index (κ1) is 12.9. The van der Waals surface area contributed by atoms with Crippen LogP contribution in [0.4, 0.5) is 5.69 Å². The molecule has 0 atom stereocenters. The summed E-state index contributed by atoms with van der Waals surface area (Å²) in [4.78, 5) is 11.7. The lowest BCUT2D eigenvalue weighted by Crippen LogP contribution is -2.30. The third kappa shape index (κ3) is 2.89. The smallest absolute Gasteiger partial charge is 0.131 e. The Morgan fingerprint density at radius 2 is 2.05 bits per heavy atom. The van der Waals surface area contributed by atoms with Gasteiger partial charge in [-0.2, -0.15) is 0 Å². The second-order valence-electron chi connectivity index (χ2n) is 6.25. The van der Waals surface area contributed by atoms with E-state index < -0.39 is 0 Å². The van der Waals surface area contributed by atoms with Crippen LogP contribution in [0.15, 0.2) is 6.20 Å². The van der Waals surface area contributed by atoms with Gasteiger partial charge in [0.1, 0.15) is 5.82 Å². The van der Waals surface area contributed by atoms with Gasteiger partial charge in [0.2, 0.25) is 0 Å². The Bertz CT molecular complexity index is 449. The number of hydrogen-bond acceptors (Lipinski definition) is 4. The molecule has 0 spiro atoms. The monoisotopic (exact) mass is 260 g/mol. The second kappa shape index (κ2) is 5.08. The van der Waals surface area contributed by atoms with Crippen LogP contribution in [-0.4, -0.2) is 22.6 Å². The first-order valence-electron chi connectivity index (χ1n) is 7.51. The lowest BCUT2D eigenvalue weighted by atomic mass is 10.2. The van der Waals surface area contributed by atoms with E-state index in [1.165, 1.54) is 37.9 Å². The van der Waals surface area contributed by atoms with E-state index in [9.17, 15) is 0 Å². The van der Waals surface area contributed by atoms with Crippen molar-refractivity contribution in [3.05, 3.63) is 17.7 Å². The highest BCUT2D eigenvalue weighted by atomic mass is 15.2. The largest absolute Gasteiger partial charge is 0.366 e. The molecule has 0 amide bonds. The van der Waals surface area contributed by atoms with Crippen molar-refractivity contribution < 1.29 is 0 Å². The van der Waals surface area contributed by atoms with E-state index in [1.807, 2.05) is 6.20 Å². The second-order valence-corrected chi connectivity index (χ2v) is 6.25. The van der Waals surface area contributed by atoms with E-state index in [4.69, 9.17) is 5.73 Å². The van der Waals surface area contributed by atoms with E-state index in [2.05, 4.69) is 28.7 Å². The first-order valence-corrected chi connectivity index (χ1v) is 7.51. The number of nitrogens with zero attached hydrogens (tertiary/aromatic N) is 3. The van der Waals surface area contributed by atoms with Crippen LogP contribution in [0.5, 0.6) is 0 Å². The van der Waals surface area contributed by atoms with Crippen molar-refractivity contribution in [1.82, 2.24) is 9.97 Å². The fourth-order valence-corrected chi connectivity index (χ4v) is 2.50. The summed E-state index contributed by atoms with van der Waals surface area (Å²) in [5.74, 6) is 2.15. The summed E-state index contributed by atoms with van der Waals surface area (Å²) in [5.41, 5.74) is 8.11. The maximum absolute atomic E-state index is 5.91. The minimum atomic E-state index is 0.358. The number of nitrogens with two attached hydrogens (primary N) is 1. The quantitative estimate of drug-likeness (QED) is 0.853. The topological polar surface area (TPSA) is 55.0 Å². The predicted octanol–water partition coefficient (Wildman–Crippen LogP) is 2.44. The Kier molecular flexibility index (Phi) is 3.44. The van der Waals surface area contributed by atoms with Gasteiger partial charge in [0.25, 0.3) is 0 Å². The molecule has 0 aromatic carbocycles. The van der Waals surface area contributed by atoms with Gasteiger partial charge in [-0.05, 0) is 31.6 Å². The Hall–Kier alpha value is -1.16. The summed E-state index contributed by atoms with van der Waals surface area (Å²) in [6.45, 7) is 5.92. The van der Waals surface area contributed by atoms with E-state index in [0.29, 0.717) is 18.5 Å². The van der Waals surface area contributed by atoms with Crippen molar-refractivity contribution in [2.75, 3.05) is 11.4 Å². The van der Waals surface area contributed by atoms with Gasteiger partial charge in [-0.3, -0.25) is 0 Å². The van der Waals surface area contributed by atoms with Gasteiger partial charge in [0.05, 0.1) is 17.6 Å². The SMILES string of the molecule is CC(C)c1ncc(N(CC2CC2)C2CC2)c(CN)n1. The summed E-state index contributed by atoms with van der Waals surface area (Å²) < 4.78 is 0. The zero-order valence-corrected chi connectivity index (χ0v) is 12.0. The highest BCUT2D eigenvalue weighted by Gasteiger charge is 2.35. The van der Waals surface area contributed by atoms with Gasteiger partial charge < -0.3 is 10.6 Å². The Morgan fingerprint density at radius 1 is 1.32 bits per heavy atom. The molecule has 4 nitrogen and oxygen atoms in total. The first-order chi connectivity index (χ1) is 9.19. The summed E-state index contributed by atoms with van der Waals surface area (Å²) in [6.07, 6.45) is 7.38. The molecule has 2 aliphatic carbocycles. The van der Waals surface area contributed by atoms with Crippen LogP contribution in [0.2, 0.25) is 0 Å². The molecule has 1 aromatic heterocycles. The number of rotatable bonds is 6. The molecule has 0 saturated heterocycles. The fraction of sp³-hybridized carbons (Fsp3) is 0.733. The van der Waals surface area contributed by atoms with Crippen LogP contribution in [-0.2, 0) is 6.54 Å². The normalized spacial score (nSPS) is 18.9. The molecule has 1 heterocycles. The minimum absolute atomic E-state index is 0.358. The average Bonchev–Trinajstić information content (AvgIpc) is 3.27. The molecule has 2 fully saturated rings. The fourth-order valence-electron chi connectivity index (χ4n) is 2.50. The molecular weight excluding hydrogens is 236 g/mol. The molecule has 0 unspecified atom stereocenters. The molecule has 1 aromatic rings.